The number of hydrogen-bond donors (Lipinski definition) is 3. The fourth-order valence-electron chi connectivity index (χ4n) is 2.01. The monoisotopic (exact) mass is 275 g/mol. The van der Waals surface area contributed by atoms with E-state index in [9.17, 15) is 10.2 Å². The van der Waals surface area contributed by atoms with Crippen LogP contribution in [0.4, 0.5) is 5.82 Å². The molecule has 0 bridgehead atoms. The van der Waals surface area contributed by atoms with Crippen LogP contribution in [0, 0.1) is 12.8 Å². The molecule has 2 aromatic rings. The number of phenolic OH excluding ortho intramolecular Hbond substituents is 2. The minimum Gasteiger partial charge on any atom is -0.508 e. The lowest BCUT2D eigenvalue weighted by Crippen LogP contribution is -2.08. The van der Waals surface area contributed by atoms with Crippen molar-refractivity contribution in [1.29, 1.82) is 0 Å². The Bertz CT molecular complexity index is 591. The van der Waals surface area contributed by atoms with Crippen LogP contribution < -0.4 is 5.32 Å². The quantitative estimate of drug-likeness (QED) is 0.784. The van der Waals surface area contributed by atoms with E-state index in [0.717, 1.165) is 23.6 Å². The standard InChI is InChI=1S/C15H21N3O2/c1-10(2)9-18-11(3)6-15(17-18)16-8-12-4-5-13(19)7-14(12)20/h4-7,10,19-20H,8-9H2,1-3H3,(H,16,17). The summed E-state index contributed by atoms with van der Waals surface area (Å²) in [6.07, 6.45) is 0. The molecule has 0 aliphatic carbocycles. The van der Waals surface area contributed by atoms with Gasteiger partial charge in [0.15, 0.2) is 0 Å². The Hall–Kier alpha value is -2.17. The number of aryl methyl sites for hydroxylation is 1. The first-order chi connectivity index (χ1) is 9.45. The van der Waals surface area contributed by atoms with Gasteiger partial charge in [-0.1, -0.05) is 13.8 Å². The van der Waals surface area contributed by atoms with Gasteiger partial charge in [0.2, 0.25) is 0 Å². The molecule has 3 N–H and O–H groups in total. The summed E-state index contributed by atoms with van der Waals surface area (Å²) in [5.41, 5.74) is 1.83. The first-order valence-corrected chi connectivity index (χ1v) is 6.75. The zero-order chi connectivity index (χ0) is 14.7. The molecular formula is C15H21N3O2. The molecule has 0 saturated carbocycles. The van der Waals surface area contributed by atoms with Crippen molar-refractivity contribution in [3.05, 3.63) is 35.5 Å². The Labute approximate surface area is 118 Å². The molecule has 0 saturated heterocycles. The molecule has 1 heterocycles. The van der Waals surface area contributed by atoms with Crippen molar-refractivity contribution in [1.82, 2.24) is 9.78 Å². The van der Waals surface area contributed by atoms with Gasteiger partial charge < -0.3 is 15.5 Å². The van der Waals surface area contributed by atoms with Gasteiger partial charge in [0.05, 0.1) is 0 Å². The normalized spacial score (nSPS) is 11.0. The molecule has 2 rings (SSSR count). The number of aromatic nitrogens is 2. The maximum absolute atomic E-state index is 9.72. The molecule has 5 heteroatoms. The van der Waals surface area contributed by atoms with E-state index < -0.39 is 0 Å². The third kappa shape index (κ3) is 3.44. The van der Waals surface area contributed by atoms with E-state index in [1.165, 1.54) is 6.07 Å². The molecule has 0 spiro atoms. The zero-order valence-electron chi connectivity index (χ0n) is 12.1. The lowest BCUT2D eigenvalue weighted by atomic mass is 10.2. The Kier molecular flexibility index (Phi) is 4.17. The minimum absolute atomic E-state index is 0.0586. The molecule has 1 aromatic heterocycles. The highest BCUT2D eigenvalue weighted by Gasteiger charge is 2.07. The summed E-state index contributed by atoms with van der Waals surface area (Å²) in [5, 5.41) is 26.6. The molecule has 5 nitrogen and oxygen atoms in total. The predicted molar refractivity (Wildman–Crippen MR) is 78.9 cm³/mol. The molecular weight excluding hydrogens is 254 g/mol. The predicted octanol–water partition coefficient (Wildman–Crippen LogP) is 2.87. The summed E-state index contributed by atoms with van der Waals surface area (Å²) in [4.78, 5) is 0. The number of phenols is 2. The van der Waals surface area contributed by atoms with E-state index >= 15 is 0 Å². The highest BCUT2D eigenvalue weighted by atomic mass is 16.3. The molecule has 1 aromatic carbocycles. The Morgan fingerprint density at radius 1 is 1.25 bits per heavy atom. The summed E-state index contributed by atoms with van der Waals surface area (Å²) in [6, 6.07) is 6.56. The van der Waals surface area contributed by atoms with Gasteiger partial charge in [0.25, 0.3) is 0 Å². The average Bonchev–Trinajstić information content (AvgIpc) is 2.68. The molecule has 0 amide bonds. The number of hydrogen-bond acceptors (Lipinski definition) is 4. The van der Waals surface area contributed by atoms with Crippen LogP contribution >= 0.6 is 0 Å². The SMILES string of the molecule is Cc1cc(NCc2ccc(O)cc2O)nn1CC(C)C. The topological polar surface area (TPSA) is 70.3 Å². The molecule has 0 aliphatic rings. The van der Waals surface area contributed by atoms with Crippen molar-refractivity contribution in [3.63, 3.8) is 0 Å². The molecule has 0 fully saturated rings. The zero-order valence-corrected chi connectivity index (χ0v) is 12.1. The Balaban J connectivity index is 2.03. The maximum Gasteiger partial charge on any atom is 0.148 e. The third-order valence-corrected chi connectivity index (χ3v) is 3.05. The van der Waals surface area contributed by atoms with Crippen LogP contribution in [-0.2, 0) is 13.1 Å². The van der Waals surface area contributed by atoms with Crippen molar-refractivity contribution in [2.45, 2.75) is 33.9 Å². The largest absolute Gasteiger partial charge is 0.508 e. The van der Waals surface area contributed by atoms with Gasteiger partial charge in [-0.15, -0.1) is 0 Å². The fourth-order valence-corrected chi connectivity index (χ4v) is 2.01. The Morgan fingerprint density at radius 3 is 2.65 bits per heavy atom. The number of anilines is 1. The van der Waals surface area contributed by atoms with Crippen molar-refractivity contribution >= 4 is 5.82 Å². The van der Waals surface area contributed by atoms with Gasteiger partial charge in [0.1, 0.15) is 17.3 Å². The van der Waals surface area contributed by atoms with Gasteiger partial charge in [-0.2, -0.15) is 5.10 Å². The van der Waals surface area contributed by atoms with E-state index in [1.807, 2.05) is 17.7 Å². The van der Waals surface area contributed by atoms with Crippen LogP contribution in [-0.4, -0.2) is 20.0 Å². The molecule has 0 unspecified atom stereocenters. The number of nitrogens with zero attached hydrogens (tertiary/aromatic N) is 2. The summed E-state index contributed by atoms with van der Waals surface area (Å²) in [7, 11) is 0. The molecule has 0 radical (unpaired) electrons. The number of benzene rings is 1. The maximum atomic E-state index is 9.72. The highest BCUT2D eigenvalue weighted by Crippen LogP contribution is 2.23. The summed E-state index contributed by atoms with van der Waals surface area (Å²) < 4.78 is 1.98. The summed E-state index contributed by atoms with van der Waals surface area (Å²) in [5.74, 6) is 1.47. The van der Waals surface area contributed by atoms with Crippen LogP contribution in [0.15, 0.2) is 24.3 Å². The summed E-state index contributed by atoms with van der Waals surface area (Å²) in [6.45, 7) is 7.69. The van der Waals surface area contributed by atoms with Crippen LogP contribution in [0.2, 0.25) is 0 Å². The van der Waals surface area contributed by atoms with E-state index in [4.69, 9.17) is 0 Å². The summed E-state index contributed by atoms with van der Waals surface area (Å²) >= 11 is 0. The van der Waals surface area contributed by atoms with E-state index in [2.05, 4.69) is 24.3 Å². The highest BCUT2D eigenvalue weighted by molar-refractivity contribution is 5.43. The van der Waals surface area contributed by atoms with Crippen LogP contribution in [0.1, 0.15) is 25.1 Å². The van der Waals surface area contributed by atoms with Crippen molar-refractivity contribution < 1.29 is 10.2 Å². The van der Waals surface area contributed by atoms with Gasteiger partial charge in [0, 0.05) is 36.5 Å². The third-order valence-electron chi connectivity index (χ3n) is 3.05. The van der Waals surface area contributed by atoms with Crippen molar-refractivity contribution in [2.75, 3.05) is 5.32 Å². The second-order valence-corrected chi connectivity index (χ2v) is 5.41. The van der Waals surface area contributed by atoms with Crippen LogP contribution in [0.5, 0.6) is 11.5 Å². The fraction of sp³-hybridized carbons (Fsp3) is 0.400. The molecule has 0 aliphatic heterocycles. The minimum atomic E-state index is 0.0586. The number of nitrogens with one attached hydrogen (secondary N) is 1. The number of rotatable bonds is 5. The second kappa shape index (κ2) is 5.86. The van der Waals surface area contributed by atoms with Gasteiger partial charge in [-0.25, -0.2) is 0 Å². The first-order valence-electron chi connectivity index (χ1n) is 6.75. The molecule has 20 heavy (non-hydrogen) atoms. The molecule has 108 valence electrons. The van der Waals surface area contributed by atoms with Crippen LogP contribution in [0.25, 0.3) is 0 Å². The first kappa shape index (κ1) is 14.2. The lowest BCUT2D eigenvalue weighted by Gasteiger charge is -2.07. The number of aromatic hydroxyl groups is 2. The van der Waals surface area contributed by atoms with Gasteiger partial charge >= 0.3 is 0 Å². The van der Waals surface area contributed by atoms with Crippen molar-refractivity contribution in [3.8, 4) is 11.5 Å². The van der Waals surface area contributed by atoms with Crippen molar-refractivity contribution in [2.24, 2.45) is 5.92 Å². The lowest BCUT2D eigenvalue weighted by molar-refractivity contribution is 0.446. The Morgan fingerprint density at radius 2 is 2.00 bits per heavy atom. The average molecular weight is 275 g/mol. The van der Waals surface area contributed by atoms with Crippen LogP contribution in [0.3, 0.4) is 0 Å². The van der Waals surface area contributed by atoms with E-state index in [1.54, 1.807) is 12.1 Å². The second-order valence-electron chi connectivity index (χ2n) is 5.41. The van der Waals surface area contributed by atoms with Gasteiger partial charge in [-0.05, 0) is 25.0 Å². The van der Waals surface area contributed by atoms with E-state index in [0.29, 0.717) is 12.5 Å². The van der Waals surface area contributed by atoms with E-state index in [-0.39, 0.29) is 11.5 Å². The molecule has 0 atom stereocenters. The smallest absolute Gasteiger partial charge is 0.148 e. The van der Waals surface area contributed by atoms with Gasteiger partial charge in [-0.3, -0.25) is 4.68 Å².